The number of pyridine rings is 1. The van der Waals surface area contributed by atoms with Gasteiger partial charge in [-0.15, -0.1) is 0 Å². The van der Waals surface area contributed by atoms with E-state index in [-0.39, 0.29) is 5.91 Å². The lowest BCUT2D eigenvalue weighted by Gasteiger charge is -2.13. The number of amides is 1. The van der Waals surface area contributed by atoms with Crippen molar-refractivity contribution in [2.24, 2.45) is 5.92 Å². The van der Waals surface area contributed by atoms with Gasteiger partial charge in [-0.25, -0.2) is 4.98 Å². The number of rotatable bonds is 6. The van der Waals surface area contributed by atoms with Gasteiger partial charge in [0.1, 0.15) is 5.69 Å². The molecule has 1 amide bonds. The first-order valence-corrected chi connectivity index (χ1v) is 7.66. The second-order valence-corrected chi connectivity index (χ2v) is 6.00. The highest BCUT2D eigenvalue weighted by Crippen LogP contribution is 2.21. The molecule has 4 heteroatoms. The lowest BCUT2D eigenvalue weighted by Crippen LogP contribution is -2.26. The summed E-state index contributed by atoms with van der Waals surface area (Å²) >= 11 is 0. The fourth-order valence-corrected chi connectivity index (χ4v) is 2.48. The Kier molecular flexibility index (Phi) is 5.39. The first kappa shape index (κ1) is 14.8. The van der Waals surface area contributed by atoms with Crippen LogP contribution < -0.4 is 10.6 Å². The lowest BCUT2D eigenvalue weighted by molar-refractivity contribution is 0.0947. The molecule has 110 valence electrons. The Labute approximate surface area is 121 Å². The smallest absolute Gasteiger partial charge is 0.269 e. The van der Waals surface area contributed by atoms with Crippen molar-refractivity contribution in [3.05, 3.63) is 24.0 Å². The van der Waals surface area contributed by atoms with Gasteiger partial charge >= 0.3 is 0 Å². The molecule has 4 nitrogen and oxygen atoms in total. The van der Waals surface area contributed by atoms with E-state index in [0.717, 1.165) is 12.1 Å². The fraction of sp³-hybridized carbons (Fsp3) is 0.625. The SMILES string of the molecule is CC(C)CCNC(=O)c1ccc(NC2CCCC2)cn1. The Balaban J connectivity index is 1.82. The molecular weight excluding hydrogens is 250 g/mol. The summed E-state index contributed by atoms with van der Waals surface area (Å²) in [7, 11) is 0. The number of aromatic nitrogens is 1. The second-order valence-electron chi connectivity index (χ2n) is 6.00. The van der Waals surface area contributed by atoms with Gasteiger partial charge in [0.2, 0.25) is 0 Å². The Hall–Kier alpha value is -1.58. The Morgan fingerprint density at radius 1 is 1.35 bits per heavy atom. The molecule has 1 fully saturated rings. The predicted octanol–water partition coefficient (Wildman–Crippen LogP) is 3.21. The van der Waals surface area contributed by atoms with E-state index in [4.69, 9.17) is 0 Å². The van der Waals surface area contributed by atoms with E-state index in [2.05, 4.69) is 29.5 Å². The zero-order chi connectivity index (χ0) is 14.4. The number of nitrogens with one attached hydrogen (secondary N) is 2. The van der Waals surface area contributed by atoms with Crippen LogP contribution in [0.1, 0.15) is 56.4 Å². The summed E-state index contributed by atoms with van der Waals surface area (Å²) in [6.07, 6.45) is 7.83. The van der Waals surface area contributed by atoms with E-state index < -0.39 is 0 Å². The summed E-state index contributed by atoms with van der Waals surface area (Å²) in [6.45, 7) is 5.00. The summed E-state index contributed by atoms with van der Waals surface area (Å²) < 4.78 is 0. The molecule has 1 heterocycles. The Bertz CT molecular complexity index is 422. The minimum Gasteiger partial charge on any atom is -0.381 e. The molecule has 0 unspecified atom stereocenters. The maximum absolute atomic E-state index is 11.9. The minimum atomic E-state index is -0.0851. The van der Waals surface area contributed by atoms with E-state index in [9.17, 15) is 4.79 Å². The van der Waals surface area contributed by atoms with Crippen molar-refractivity contribution in [3.8, 4) is 0 Å². The molecule has 0 aliphatic heterocycles. The van der Waals surface area contributed by atoms with Gasteiger partial charge in [0.05, 0.1) is 11.9 Å². The fourth-order valence-electron chi connectivity index (χ4n) is 2.48. The van der Waals surface area contributed by atoms with Crippen LogP contribution in [-0.2, 0) is 0 Å². The van der Waals surface area contributed by atoms with Crippen LogP contribution in [0.3, 0.4) is 0 Å². The number of carbonyl (C=O) groups excluding carboxylic acids is 1. The van der Waals surface area contributed by atoms with Crippen LogP contribution in [0.15, 0.2) is 18.3 Å². The third kappa shape index (κ3) is 4.51. The number of nitrogens with zero attached hydrogens (tertiary/aromatic N) is 1. The molecule has 0 aromatic carbocycles. The molecule has 0 bridgehead atoms. The Morgan fingerprint density at radius 2 is 2.10 bits per heavy atom. The average Bonchev–Trinajstić information content (AvgIpc) is 2.92. The van der Waals surface area contributed by atoms with Crippen molar-refractivity contribution in [3.63, 3.8) is 0 Å². The van der Waals surface area contributed by atoms with Gasteiger partial charge in [-0.1, -0.05) is 26.7 Å². The molecule has 0 spiro atoms. The normalized spacial score (nSPS) is 15.6. The molecular formula is C16H25N3O. The highest BCUT2D eigenvalue weighted by atomic mass is 16.1. The van der Waals surface area contributed by atoms with Gasteiger partial charge in [-0.05, 0) is 37.3 Å². The highest BCUT2D eigenvalue weighted by molar-refractivity contribution is 5.92. The van der Waals surface area contributed by atoms with Crippen molar-refractivity contribution in [1.82, 2.24) is 10.3 Å². The molecule has 0 saturated heterocycles. The third-order valence-electron chi connectivity index (χ3n) is 3.73. The summed E-state index contributed by atoms with van der Waals surface area (Å²) in [6, 6.07) is 4.31. The van der Waals surface area contributed by atoms with Gasteiger partial charge < -0.3 is 10.6 Å². The van der Waals surface area contributed by atoms with Crippen LogP contribution in [-0.4, -0.2) is 23.5 Å². The Morgan fingerprint density at radius 3 is 2.70 bits per heavy atom. The topological polar surface area (TPSA) is 54.0 Å². The maximum Gasteiger partial charge on any atom is 0.269 e. The minimum absolute atomic E-state index is 0.0851. The van der Waals surface area contributed by atoms with Gasteiger partial charge in [-0.2, -0.15) is 0 Å². The zero-order valence-corrected chi connectivity index (χ0v) is 12.5. The van der Waals surface area contributed by atoms with Crippen LogP contribution in [0.5, 0.6) is 0 Å². The van der Waals surface area contributed by atoms with Crippen LogP contribution in [0, 0.1) is 5.92 Å². The largest absolute Gasteiger partial charge is 0.381 e. The number of carbonyl (C=O) groups is 1. The second kappa shape index (κ2) is 7.27. The predicted molar refractivity (Wildman–Crippen MR) is 81.9 cm³/mol. The molecule has 1 saturated carbocycles. The van der Waals surface area contributed by atoms with E-state index in [1.807, 2.05) is 6.07 Å². The van der Waals surface area contributed by atoms with Gasteiger partial charge in [0.15, 0.2) is 0 Å². The summed E-state index contributed by atoms with van der Waals surface area (Å²) in [5.74, 6) is 0.513. The van der Waals surface area contributed by atoms with Crippen LogP contribution >= 0.6 is 0 Å². The van der Waals surface area contributed by atoms with Crippen molar-refractivity contribution in [1.29, 1.82) is 0 Å². The molecule has 20 heavy (non-hydrogen) atoms. The lowest BCUT2D eigenvalue weighted by atomic mass is 10.1. The van der Waals surface area contributed by atoms with E-state index in [0.29, 0.717) is 24.2 Å². The van der Waals surface area contributed by atoms with E-state index in [1.54, 1.807) is 12.3 Å². The average molecular weight is 275 g/mol. The summed E-state index contributed by atoms with van der Waals surface area (Å²) in [5, 5.41) is 6.37. The molecule has 1 aromatic rings. The summed E-state index contributed by atoms with van der Waals surface area (Å²) in [4.78, 5) is 16.1. The molecule has 0 radical (unpaired) electrons. The van der Waals surface area contributed by atoms with Crippen molar-refractivity contribution >= 4 is 11.6 Å². The number of hydrogen-bond donors (Lipinski definition) is 2. The van der Waals surface area contributed by atoms with Gasteiger partial charge in [0.25, 0.3) is 5.91 Å². The standard InChI is InChI=1S/C16H25N3O/c1-12(2)9-10-17-16(20)15-8-7-14(11-18-15)19-13-5-3-4-6-13/h7-8,11-13,19H,3-6,9-10H2,1-2H3,(H,17,20). The molecule has 2 N–H and O–H groups in total. The quantitative estimate of drug-likeness (QED) is 0.838. The van der Waals surface area contributed by atoms with Crippen LogP contribution in [0.25, 0.3) is 0 Å². The first-order valence-electron chi connectivity index (χ1n) is 7.66. The monoisotopic (exact) mass is 275 g/mol. The first-order chi connectivity index (χ1) is 9.65. The van der Waals surface area contributed by atoms with E-state index in [1.165, 1.54) is 25.7 Å². The third-order valence-corrected chi connectivity index (χ3v) is 3.73. The van der Waals surface area contributed by atoms with E-state index >= 15 is 0 Å². The molecule has 1 aromatic heterocycles. The molecule has 0 atom stereocenters. The summed E-state index contributed by atoms with van der Waals surface area (Å²) in [5.41, 5.74) is 1.50. The molecule has 1 aliphatic rings. The van der Waals surface area contributed by atoms with Crippen LogP contribution in [0.2, 0.25) is 0 Å². The van der Waals surface area contributed by atoms with Crippen LogP contribution in [0.4, 0.5) is 5.69 Å². The van der Waals surface area contributed by atoms with Gasteiger partial charge in [-0.3, -0.25) is 4.79 Å². The number of anilines is 1. The van der Waals surface area contributed by atoms with Crippen molar-refractivity contribution < 1.29 is 4.79 Å². The van der Waals surface area contributed by atoms with Crippen molar-refractivity contribution in [2.75, 3.05) is 11.9 Å². The number of hydrogen-bond acceptors (Lipinski definition) is 3. The molecule has 2 rings (SSSR count). The van der Waals surface area contributed by atoms with Crippen molar-refractivity contribution in [2.45, 2.75) is 52.0 Å². The van der Waals surface area contributed by atoms with Gasteiger partial charge in [0, 0.05) is 12.6 Å². The highest BCUT2D eigenvalue weighted by Gasteiger charge is 2.14. The molecule has 1 aliphatic carbocycles. The maximum atomic E-state index is 11.9. The zero-order valence-electron chi connectivity index (χ0n) is 12.5.